The summed E-state index contributed by atoms with van der Waals surface area (Å²) in [5.74, 6) is 3.76. The normalized spacial score (nSPS) is 27.1. The summed E-state index contributed by atoms with van der Waals surface area (Å²) in [6, 6.07) is 0.590. The molecule has 0 aliphatic heterocycles. The molecular weight excluding hydrogens is 246 g/mol. The predicted octanol–water partition coefficient (Wildman–Crippen LogP) is 3.50. The summed E-state index contributed by atoms with van der Waals surface area (Å²) < 4.78 is 2.30. The smallest absolute Gasteiger partial charge is 0.108 e. The van der Waals surface area contributed by atoms with Crippen molar-refractivity contribution in [2.24, 2.45) is 17.8 Å². The molecule has 114 valence electrons. The number of hydrogen-bond acceptors (Lipinski definition) is 2. The van der Waals surface area contributed by atoms with Crippen LogP contribution in [0.25, 0.3) is 0 Å². The highest BCUT2D eigenvalue weighted by Crippen LogP contribution is 2.35. The molecule has 2 rings (SSSR count). The molecule has 0 bridgehead atoms. The average Bonchev–Trinajstić information content (AvgIpc) is 2.85. The van der Waals surface area contributed by atoms with Gasteiger partial charge in [-0.25, -0.2) is 4.98 Å². The van der Waals surface area contributed by atoms with E-state index in [9.17, 15) is 0 Å². The van der Waals surface area contributed by atoms with E-state index >= 15 is 0 Å². The zero-order valence-corrected chi connectivity index (χ0v) is 13.6. The molecule has 0 saturated heterocycles. The molecule has 1 aromatic heterocycles. The van der Waals surface area contributed by atoms with Gasteiger partial charge in [0.05, 0.1) is 0 Å². The monoisotopic (exact) mass is 277 g/mol. The molecule has 0 amide bonds. The lowest BCUT2D eigenvalue weighted by Gasteiger charge is -2.35. The van der Waals surface area contributed by atoms with Crippen LogP contribution in [0.1, 0.15) is 52.8 Å². The summed E-state index contributed by atoms with van der Waals surface area (Å²) >= 11 is 0. The minimum atomic E-state index is 0.590. The largest absolute Gasteiger partial charge is 0.335 e. The van der Waals surface area contributed by atoms with Gasteiger partial charge in [0.2, 0.25) is 0 Å². The number of aromatic nitrogens is 2. The minimum absolute atomic E-state index is 0.590. The number of imidazole rings is 1. The Balaban J connectivity index is 2.00. The number of hydrogen-bond donors (Lipinski definition) is 1. The average molecular weight is 277 g/mol. The Labute approximate surface area is 124 Å². The first kappa shape index (κ1) is 15.6. The molecule has 1 aromatic rings. The first-order valence-corrected chi connectivity index (χ1v) is 8.33. The molecule has 20 heavy (non-hydrogen) atoms. The maximum atomic E-state index is 4.58. The first-order chi connectivity index (χ1) is 9.60. The number of aryl methyl sites for hydroxylation is 1. The summed E-state index contributed by atoms with van der Waals surface area (Å²) in [5.41, 5.74) is 0. The third-order valence-electron chi connectivity index (χ3n) is 4.78. The van der Waals surface area contributed by atoms with Gasteiger partial charge in [0.1, 0.15) is 5.82 Å². The summed E-state index contributed by atoms with van der Waals surface area (Å²) in [6.45, 7) is 11.3. The van der Waals surface area contributed by atoms with Crippen molar-refractivity contribution in [3.05, 3.63) is 18.2 Å². The Morgan fingerprint density at radius 3 is 2.85 bits per heavy atom. The molecule has 1 heterocycles. The topological polar surface area (TPSA) is 29.9 Å². The van der Waals surface area contributed by atoms with Crippen LogP contribution in [0.3, 0.4) is 0 Å². The Morgan fingerprint density at radius 1 is 1.35 bits per heavy atom. The van der Waals surface area contributed by atoms with Gasteiger partial charge in [0.15, 0.2) is 0 Å². The van der Waals surface area contributed by atoms with Crippen LogP contribution in [0.15, 0.2) is 12.4 Å². The fraction of sp³-hybridized carbons (Fsp3) is 0.824. The second-order valence-electron chi connectivity index (χ2n) is 6.83. The van der Waals surface area contributed by atoms with Crippen LogP contribution >= 0.6 is 0 Å². The third-order valence-corrected chi connectivity index (χ3v) is 4.78. The summed E-state index contributed by atoms with van der Waals surface area (Å²) in [4.78, 5) is 4.58. The van der Waals surface area contributed by atoms with Gasteiger partial charge in [-0.1, -0.05) is 27.2 Å². The van der Waals surface area contributed by atoms with Gasteiger partial charge < -0.3 is 9.88 Å². The van der Waals surface area contributed by atoms with E-state index in [4.69, 9.17) is 0 Å². The molecule has 3 heteroatoms. The fourth-order valence-electron chi connectivity index (χ4n) is 3.52. The van der Waals surface area contributed by atoms with Crippen molar-refractivity contribution in [3.63, 3.8) is 0 Å². The van der Waals surface area contributed by atoms with Crippen molar-refractivity contribution in [2.45, 2.75) is 66.0 Å². The molecule has 1 saturated carbocycles. The van der Waals surface area contributed by atoms with Gasteiger partial charge in [-0.3, -0.25) is 0 Å². The fourth-order valence-corrected chi connectivity index (χ4v) is 3.52. The van der Waals surface area contributed by atoms with Gasteiger partial charge in [-0.2, -0.15) is 0 Å². The molecule has 1 fully saturated rings. The molecule has 1 aliphatic rings. The highest BCUT2D eigenvalue weighted by atomic mass is 15.1. The molecule has 1 N–H and O–H groups in total. The zero-order chi connectivity index (χ0) is 14.5. The van der Waals surface area contributed by atoms with Crippen molar-refractivity contribution in [1.29, 1.82) is 0 Å². The second-order valence-corrected chi connectivity index (χ2v) is 6.83. The van der Waals surface area contributed by atoms with E-state index in [0.717, 1.165) is 30.7 Å². The third kappa shape index (κ3) is 4.08. The lowest BCUT2D eigenvalue weighted by molar-refractivity contribution is 0.178. The maximum absolute atomic E-state index is 4.58. The lowest BCUT2D eigenvalue weighted by atomic mass is 9.73. The van der Waals surface area contributed by atoms with E-state index in [-0.39, 0.29) is 0 Å². The Hall–Kier alpha value is -0.830. The van der Waals surface area contributed by atoms with E-state index in [1.54, 1.807) is 0 Å². The molecule has 3 nitrogen and oxygen atoms in total. The molecule has 0 radical (unpaired) electrons. The standard InChI is InChI=1S/C17H31N3/c1-5-20-9-8-18-17(20)11-16-10-14(4)6-7-15(16)12-19-13(2)3/h8-9,13-16,19H,5-7,10-12H2,1-4H3. The Bertz CT molecular complexity index is 397. The first-order valence-electron chi connectivity index (χ1n) is 8.33. The SMILES string of the molecule is CCn1ccnc1CC1CC(C)CCC1CNC(C)C. The van der Waals surface area contributed by atoms with Gasteiger partial charge in [0.25, 0.3) is 0 Å². The molecule has 0 spiro atoms. The van der Waals surface area contributed by atoms with E-state index < -0.39 is 0 Å². The van der Waals surface area contributed by atoms with Gasteiger partial charge in [-0.15, -0.1) is 0 Å². The quantitative estimate of drug-likeness (QED) is 0.862. The second kappa shape index (κ2) is 7.26. The van der Waals surface area contributed by atoms with Gasteiger partial charge in [0, 0.05) is 31.4 Å². The van der Waals surface area contributed by atoms with Crippen molar-refractivity contribution < 1.29 is 0 Å². The molecular formula is C17H31N3. The van der Waals surface area contributed by atoms with Crippen LogP contribution in [0, 0.1) is 17.8 Å². The van der Waals surface area contributed by atoms with Crippen LogP contribution in [0.5, 0.6) is 0 Å². The number of nitrogens with zero attached hydrogens (tertiary/aromatic N) is 2. The number of nitrogens with one attached hydrogen (secondary N) is 1. The van der Waals surface area contributed by atoms with Crippen LogP contribution in [0.2, 0.25) is 0 Å². The predicted molar refractivity (Wildman–Crippen MR) is 84.7 cm³/mol. The van der Waals surface area contributed by atoms with Crippen LogP contribution in [0.4, 0.5) is 0 Å². The van der Waals surface area contributed by atoms with E-state index in [1.165, 1.54) is 31.6 Å². The van der Waals surface area contributed by atoms with E-state index in [2.05, 4.69) is 48.8 Å². The molecule has 1 aliphatic carbocycles. The van der Waals surface area contributed by atoms with Crippen LogP contribution < -0.4 is 5.32 Å². The summed E-state index contributed by atoms with van der Waals surface area (Å²) in [7, 11) is 0. The van der Waals surface area contributed by atoms with Crippen molar-refractivity contribution in [1.82, 2.24) is 14.9 Å². The van der Waals surface area contributed by atoms with Crippen molar-refractivity contribution in [2.75, 3.05) is 6.54 Å². The lowest BCUT2D eigenvalue weighted by Crippen LogP contribution is -2.36. The van der Waals surface area contributed by atoms with Gasteiger partial charge in [-0.05, 0) is 44.1 Å². The van der Waals surface area contributed by atoms with Crippen LogP contribution in [-0.4, -0.2) is 22.1 Å². The Kier molecular flexibility index (Phi) is 5.64. The maximum Gasteiger partial charge on any atom is 0.108 e. The minimum Gasteiger partial charge on any atom is -0.335 e. The highest BCUT2D eigenvalue weighted by Gasteiger charge is 2.29. The molecule has 3 unspecified atom stereocenters. The van der Waals surface area contributed by atoms with E-state index in [1.807, 2.05) is 6.20 Å². The Morgan fingerprint density at radius 2 is 2.15 bits per heavy atom. The summed E-state index contributed by atoms with van der Waals surface area (Å²) in [5, 5.41) is 3.64. The number of rotatable bonds is 6. The van der Waals surface area contributed by atoms with Crippen molar-refractivity contribution >= 4 is 0 Å². The molecule has 0 aromatic carbocycles. The zero-order valence-electron chi connectivity index (χ0n) is 13.6. The van der Waals surface area contributed by atoms with Crippen LogP contribution in [-0.2, 0) is 13.0 Å². The molecule has 3 atom stereocenters. The van der Waals surface area contributed by atoms with Crippen molar-refractivity contribution in [3.8, 4) is 0 Å². The van der Waals surface area contributed by atoms with E-state index in [0.29, 0.717) is 6.04 Å². The highest BCUT2D eigenvalue weighted by molar-refractivity contribution is 4.96. The van der Waals surface area contributed by atoms with Gasteiger partial charge >= 0.3 is 0 Å². The summed E-state index contributed by atoms with van der Waals surface area (Å²) in [6.07, 6.45) is 9.34.